The third-order valence-corrected chi connectivity index (χ3v) is 8.83. The van der Waals surface area contributed by atoms with Crippen LogP contribution in [-0.4, -0.2) is 61.6 Å². The highest BCUT2D eigenvalue weighted by Crippen LogP contribution is 2.28. The van der Waals surface area contributed by atoms with E-state index in [1.54, 1.807) is 24.3 Å². The van der Waals surface area contributed by atoms with Crippen LogP contribution in [-0.2, 0) is 20.5 Å². The molecule has 4 rings (SSSR count). The number of hydrogen-bond acceptors (Lipinski definition) is 9. The predicted molar refractivity (Wildman–Crippen MR) is 125 cm³/mol. The zero-order chi connectivity index (χ0) is 23.3. The monoisotopic (exact) mass is 508 g/mol. The number of carbonyl (C=O) groups is 1. The predicted octanol–water partition coefficient (Wildman–Crippen LogP) is 3.29. The molecule has 0 radical (unpaired) electrons. The number of ketones is 1. The molecule has 1 saturated heterocycles. The molecule has 2 heterocycles. The molecule has 1 aliphatic rings. The average molecular weight is 509 g/mol. The van der Waals surface area contributed by atoms with Crippen molar-refractivity contribution in [2.75, 3.05) is 38.2 Å². The normalized spacial score (nSPS) is 14.8. The molecule has 1 N–H and O–H groups in total. The topological polar surface area (TPSA) is 101 Å². The molecule has 0 unspecified atom stereocenters. The van der Waals surface area contributed by atoms with E-state index in [0.29, 0.717) is 47.1 Å². The standard InChI is InChI=1S/C21H21FN4O4S3/c22-17-6-4-15(5-7-17)14-31-21-25-24-20(32-21)23-13-19(27)16-2-1-3-18(12-16)33(28,29)26-8-10-30-11-9-26/h1-7,12H,8-11,13-14H2,(H,23,24). The second-order valence-corrected chi connectivity index (χ2v) is 11.2. The molecular weight excluding hydrogens is 487 g/mol. The molecule has 3 aromatic rings. The third kappa shape index (κ3) is 6.15. The van der Waals surface area contributed by atoms with E-state index in [2.05, 4.69) is 15.5 Å². The minimum atomic E-state index is -3.68. The SMILES string of the molecule is O=C(CNc1nnc(SCc2ccc(F)cc2)s1)c1cccc(S(=O)(=O)N2CCOCC2)c1. The van der Waals surface area contributed by atoms with Crippen LogP contribution in [0.15, 0.2) is 57.8 Å². The Kier molecular flexibility index (Phi) is 7.71. The van der Waals surface area contributed by atoms with E-state index in [-0.39, 0.29) is 23.0 Å². The van der Waals surface area contributed by atoms with Crippen LogP contribution < -0.4 is 5.32 Å². The first-order valence-electron chi connectivity index (χ1n) is 10.1. The molecule has 1 aliphatic heterocycles. The van der Waals surface area contributed by atoms with Crippen molar-refractivity contribution in [1.29, 1.82) is 0 Å². The number of aromatic nitrogens is 2. The van der Waals surface area contributed by atoms with Gasteiger partial charge in [0.2, 0.25) is 15.2 Å². The molecule has 1 fully saturated rings. The van der Waals surface area contributed by atoms with Crippen molar-refractivity contribution >= 4 is 44.0 Å². The smallest absolute Gasteiger partial charge is 0.243 e. The maximum Gasteiger partial charge on any atom is 0.243 e. The van der Waals surface area contributed by atoms with Gasteiger partial charge in [-0.2, -0.15) is 4.31 Å². The molecule has 33 heavy (non-hydrogen) atoms. The van der Waals surface area contributed by atoms with Crippen molar-refractivity contribution in [1.82, 2.24) is 14.5 Å². The lowest BCUT2D eigenvalue weighted by Gasteiger charge is -2.26. The van der Waals surface area contributed by atoms with Gasteiger partial charge in [0.25, 0.3) is 0 Å². The van der Waals surface area contributed by atoms with Gasteiger partial charge in [0.15, 0.2) is 10.1 Å². The Morgan fingerprint density at radius 3 is 2.67 bits per heavy atom. The highest BCUT2D eigenvalue weighted by Gasteiger charge is 2.26. The number of rotatable bonds is 9. The number of sulfonamides is 1. The van der Waals surface area contributed by atoms with Gasteiger partial charge in [0, 0.05) is 24.4 Å². The van der Waals surface area contributed by atoms with E-state index in [0.717, 1.165) is 5.56 Å². The highest BCUT2D eigenvalue weighted by atomic mass is 32.2. The van der Waals surface area contributed by atoms with Crippen LogP contribution in [0.3, 0.4) is 0 Å². The molecule has 0 aliphatic carbocycles. The molecule has 0 bridgehead atoms. The van der Waals surface area contributed by atoms with Crippen molar-refractivity contribution in [3.8, 4) is 0 Å². The lowest BCUT2D eigenvalue weighted by Crippen LogP contribution is -2.40. The number of morpholine rings is 1. The number of carbonyl (C=O) groups excluding carboxylic acids is 1. The van der Waals surface area contributed by atoms with Crippen LogP contribution in [0.1, 0.15) is 15.9 Å². The van der Waals surface area contributed by atoms with Gasteiger partial charge in [-0.1, -0.05) is 47.4 Å². The van der Waals surface area contributed by atoms with Crippen molar-refractivity contribution in [3.05, 3.63) is 65.5 Å². The molecule has 0 atom stereocenters. The van der Waals surface area contributed by atoms with Crippen molar-refractivity contribution in [2.45, 2.75) is 15.0 Å². The van der Waals surface area contributed by atoms with E-state index in [1.165, 1.54) is 51.7 Å². The number of benzene rings is 2. The molecule has 174 valence electrons. The molecule has 2 aromatic carbocycles. The summed E-state index contributed by atoms with van der Waals surface area (Å²) in [6.45, 7) is 1.25. The number of ether oxygens (including phenoxy) is 1. The first kappa shape index (κ1) is 23.8. The Morgan fingerprint density at radius 2 is 1.91 bits per heavy atom. The van der Waals surface area contributed by atoms with E-state index >= 15 is 0 Å². The van der Waals surface area contributed by atoms with Crippen LogP contribution in [0, 0.1) is 5.82 Å². The summed E-state index contributed by atoms with van der Waals surface area (Å²) >= 11 is 2.77. The summed E-state index contributed by atoms with van der Waals surface area (Å²) in [5.41, 5.74) is 1.26. The van der Waals surface area contributed by atoms with Crippen LogP contribution in [0.25, 0.3) is 0 Å². The van der Waals surface area contributed by atoms with Crippen molar-refractivity contribution in [3.63, 3.8) is 0 Å². The molecule has 0 amide bonds. The lowest BCUT2D eigenvalue weighted by atomic mass is 10.1. The fraction of sp³-hybridized carbons (Fsp3) is 0.286. The maximum absolute atomic E-state index is 13.0. The van der Waals surface area contributed by atoms with Gasteiger partial charge in [-0.05, 0) is 29.8 Å². The molecule has 12 heteroatoms. The zero-order valence-corrected chi connectivity index (χ0v) is 19.9. The number of Topliss-reactive ketones (excluding diaryl/α,β-unsaturated/α-hetero) is 1. The van der Waals surface area contributed by atoms with Crippen molar-refractivity contribution < 1.29 is 22.3 Å². The minimum Gasteiger partial charge on any atom is -0.379 e. The van der Waals surface area contributed by atoms with Crippen LogP contribution in [0.5, 0.6) is 0 Å². The summed E-state index contributed by atoms with van der Waals surface area (Å²) < 4.78 is 46.0. The molecule has 0 spiro atoms. The fourth-order valence-corrected chi connectivity index (χ4v) is 6.25. The second-order valence-electron chi connectivity index (χ2n) is 7.11. The van der Waals surface area contributed by atoms with Gasteiger partial charge in [-0.3, -0.25) is 4.79 Å². The Balaban J connectivity index is 1.33. The summed E-state index contributed by atoms with van der Waals surface area (Å²) in [6.07, 6.45) is 0. The zero-order valence-electron chi connectivity index (χ0n) is 17.4. The number of thioether (sulfide) groups is 1. The Labute approximate surface area is 199 Å². The first-order valence-corrected chi connectivity index (χ1v) is 13.3. The summed E-state index contributed by atoms with van der Waals surface area (Å²) in [5, 5.41) is 11.6. The number of nitrogens with zero attached hydrogens (tertiary/aromatic N) is 3. The fourth-order valence-electron chi connectivity index (χ4n) is 3.09. The number of halogens is 1. The lowest BCUT2D eigenvalue weighted by molar-refractivity contribution is 0.0730. The van der Waals surface area contributed by atoms with E-state index < -0.39 is 10.0 Å². The quantitative estimate of drug-likeness (QED) is 0.347. The van der Waals surface area contributed by atoms with E-state index in [1.807, 2.05) is 0 Å². The van der Waals surface area contributed by atoms with Crippen molar-refractivity contribution in [2.24, 2.45) is 0 Å². The first-order chi connectivity index (χ1) is 15.9. The average Bonchev–Trinajstić information content (AvgIpc) is 3.30. The minimum absolute atomic E-state index is 0.0433. The van der Waals surface area contributed by atoms with Gasteiger partial charge >= 0.3 is 0 Å². The number of hydrogen-bond donors (Lipinski definition) is 1. The van der Waals surface area contributed by atoms with E-state index in [9.17, 15) is 17.6 Å². The summed E-state index contributed by atoms with van der Waals surface area (Å²) in [6, 6.07) is 12.3. The highest BCUT2D eigenvalue weighted by molar-refractivity contribution is 8.00. The number of anilines is 1. The Morgan fingerprint density at radius 1 is 1.15 bits per heavy atom. The van der Waals surface area contributed by atoms with Gasteiger partial charge < -0.3 is 10.1 Å². The van der Waals surface area contributed by atoms with Gasteiger partial charge in [0.1, 0.15) is 5.82 Å². The van der Waals surface area contributed by atoms with Gasteiger partial charge in [-0.15, -0.1) is 10.2 Å². The van der Waals surface area contributed by atoms with E-state index in [4.69, 9.17) is 4.74 Å². The summed E-state index contributed by atoms with van der Waals surface area (Å²) in [4.78, 5) is 12.7. The van der Waals surface area contributed by atoms with Crippen LogP contribution >= 0.6 is 23.1 Å². The molecular formula is C21H21FN4O4S3. The maximum atomic E-state index is 13.0. The molecule has 1 aromatic heterocycles. The van der Waals surface area contributed by atoms with Gasteiger partial charge in [-0.25, -0.2) is 12.8 Å². The van der Waals surface area contributed by atoms with Crippen LogP contribution in [0.4, 0.5) is 9.52 Å². The Bertz CT molecular complexity index is 1210. The summed E-state index contributed by atoms with van der Waals surface area (Å²) in [7, 11) is -3.68. The van der Waals surface area contributed by atoms with Gasteiger partial charge in [0.05, 0.1) is 24.7 Å². The third-order valence-electron chi connectivity index (χ3n) is 4.85. The number of nitrogens with one attached hydrogen (secondary N) is 1. The Hall–Kier alpha value is -2.38. The molecule has 0 saturated carbocycles. The largest absolute Gasteiger partial charge is 0.379 e. The molecule has 8 nitrogen and oxygen atoms in total. The summed E-state index contributed by atoms with van der Waals surface area (Å²) in [5.74, 6) is 0.0860. The van der Waals surface area contributed by atoms with Crippen LogP contribution in [0.2, 0.25) is 0 Å². The second kappa shape index (κ2) is 10.7.